The number of fused-ring (bicyclic) bond motifs is 2. The van der Waals surface area contributed by atoms with E-state index in [0.717, 1.165) is 22.9 Å². The first kappa shape index (κ1) is 15.0. The van der Waals surface area contributed by atoms with E-state index in [9.17, 15) is 4.79 Å². The molecular weight excluding hydrogens is 328 g/mol. The molecule has 1 aromatic carbocycles. The van der Waals surface area contributed by atoms with Gasteiger partial charge in [0.25, 0.3) is 0 Å². The van der Waals surface area contributed by atoms with Crippen LogP contribution in [0.3, 0.4) is 0 Å². The van der Waals surface area contributed by atoms with E-state index in [1.165, 1.54) is 12.8 Å². The normalized spacial score (nSPS) is 29.1. The molecule has 4 heteroatoms. The fraction of sp³-hybridized carbons (Fsp3) is 0.588. The Kier molecular flexibility index (Phi) is 4.65. The molecule has 0 saturated carbocycles. The zero-order valence-electron chi connectivity index (χ0n) is 12.4. The van der Waals surface area contributed by atoms with Gasteiger partial charge in [-0.3, -0.25) is 4.79 Å². The molecule has 3 rings (SSSR count). The molecule has 3 nitrogen and oxygen atoms in total. The quantitative estimate of drug-likeness (QED) is 0.871. The summed E-state index contributed by atoms with van der Waals surface area (Å²) in [7, 11) is 0. The predicted molar refractivity (Wildman–Crippen MR) is 88.0 cm³/mol. The van der Waals surface area contributed by atoms with Gasteiger partial charge in [0, 0.05) is 23.0 Å². The molecule has 2 aliphatic rings. The van der Waals surface area contributed by atoms with Gasteiger partial charge in [-0.1, -0.05) is 28.1 Å². The average molecular weight is 351 g/mol. The van der Waals surface area contributed by atoms with Crippen molar-refractivity contribution in [2.45, 2.75) is 57.2 Å². The van der Waals surface area contributed by atoms with Crippen LogP contribution in [0.25, 0.3) is 0 Å². The molecule has 0 spiro atoms. The Labute approximate surface area is 135 Å². The molecule has 2 N–H and O–H groups in total. The van der Waals surface area contributed by atoms with Crippen molar-refractivity contribution in [1.82, 2.24) is 10.6 Å². The molecule has 2 fully saturated rings. The molecule has 2 bridgehead atoms. The summed E-state index contributed by atoms with van der Waals surface area (Å²) in [6.07, 6.45) is 5.58. The minimum absolute atomic E-state index is 0.0634. The fourth-order valence-corrected chi connectivity index (χ4v) is 4.18. The van der Waals surface area contributed by atoms with Crippen LogP contribution < -0.4 is 10.6 Å². The van der Waals surface area contributed by atoms with E-state index in [1.54, 1.807) is 0 Å². The van der Waals surface area contributed by atoms with Gasteiger partial charge in [0.05, 0.1) is 6.04 Å². The number of rotatable bonds is 4. The molecule has 21 heavy (non-hydrogen) atoms. The lowest BCUT2D eigenvalue weighted by Crippen LogP contribution is -2.40. The molecule has 2 heterocycles. The van der Waals surface area contributed by atoms with Crippen molar-refractivity contribution in [3.05, 3.63) is 34.3 Å². The Morgan fingerprint density at radius 3 is 2.76 bits per heavy atom. The third-order valence-corrected chi connectivity index (χ3v) is 5.26. The van der Waals surface area contributed by atoms with Crippen molar-refractivity contribution < 1.29 is 4.79 Å². The number of piperidine rings is 1. The van der Waals surface area contributed by atoms with Crippen molar-refractivity contribution in [2.75, 3.05) is 0 Å². The average Bonchev–Trinajstić information content (AvgIpc) is 2.77. The van der Waals surface area contributed by atoms with Crippen LogP contribution in [0.5, 0.6) is 0 Å². The van der Waals surface area contributed by atoms with Gasteiger partial charge in [-0.25, -0.2) is 0 Å². The van der Waals surface area contributed by atoms with Gasteiger partial charge >= 0.3 is 0 Å². The number of halogens is 1. The highest BCUT2D eigenvalue weighted by Crippen LogP contribution is 2.32. The highest BCUT2D eigenvalue weighted by atomic mass is 79.9. The number of hydrogen-bond donors (Lipinski definition) is 2. The fourth-order valence-electron chi connectivity index (χ4n) is 3.76. The van der Waals surface area contributed by atoms with Crippen molar-refractivity contribution in [3.8, 4) is 0 Å². The van der Waals surface area contributed by atoms with Crippen LogP contribution in [0.4, 0.5) is 0 Å². The smallest absolute Gasteiger partial charge is 0.220 e. The van der Waals surface area contributed by atoms with Crippen molar-refractivity contribution in [1.29, 1.82) is 0 Å². The minimum Gasteiger partial charge on any atom is -0.350 e. The Morgan fingerprint density at radius 2 is 2.10 bits per heavy atom. The number of carbonyl (C=O) groups excluding carboxylic acids is 1. The standard InChI is InChI=1S/C17H23BrN2O/c1-11(13-3-2-4-14(18)10-13)19-17(21)9-12-7-15-5-6-16(8-12)20-15/h2-4,10-12,15-16,20H,5-9H2,1H3,(H,19,21)/t11-,12?,15?,16?/m0/s1. The first-order chi connectivity index (χ1) is 10.1. The van der Waals surface area contributed by atoms with Crippen LogP contribution in [-0.4, -0.2) is 18.0 Å². The van der Waals surface area contributed by atoms with Crippen LogP contribution in [0.1, 0.15) is 50.6 Å². The summed E-state index contributed by atoms with van der Waals surface area (Å²) in [5.74, 6) is 0.743. The lowest BCUT2D eigenvalue weighted by Gasteiger charge is -2.29. The number of hydrogen-bond acceptors (Lipinski definition) is 2. The highest BCUT2D eigenvalue weighted by Gasteiger charge is 2.34. The third kappa shape index (κ3) is 3.86. The van der Waals surface area contributed by atoms with E-state index in [2.05, 4.69) is 38.7 Å². The zero-order chi connectivity index (χ0) is 14.8. The second-order valence-electron chi connectivity index (χ2n) is 6.52. The summed E-state index contributed by atoms with van der Waals surface area (Å²) in [6.45, 7) is 2.05. The maximum Gasteiger partial charge on any atom is 0.220 e. The van der Waals surface area contributed by atoms with Gasteiger partial charge < -0.3 is 10.6 Å². The van der Waals surface area contributed by atoms with Gasteiger partial charge in [0.1, 0.15) is 0 Å². The van der Waals surface area contributed by atoms with Gasteiger partial charge in [0.15, 0.2) is 0 Å². The molecular formula is C17H23BrN2O. The molecule has 0 aliphatic carbocycles. The third-order valence-electron chi connectivity index (χ3n) is 4.77. The Balaban J connectivity index is 1.52. The first-order valence-electron chi connectivity index (χ1n) is 7.91. The summed E-state index contributed by atoms with van der Waals surface area (Å²) >= 11 is 3.48. The SMILES string of the molecule is C[C@H](NC(=O)CC1CC2CCC(C1)N2)c1cccc(Br)c1. The summed E-state index contributed by atoms with van der Waals surface area (Å²) in [5.41, 5.74) is 1.14. The zero-order valence-corrected chi connectivity index (χ0v) is 14.0. The first-order valence-corrected chi connectivity index (χ1v) is 8.70. The molecule has 3 atom stereocenters. The molecule has 1 amide bonds. The van der Waals surface area contributed by atoms with Crippen LogP contribution in [0.15, 0.2) is 28.7 Å². The van der Waals surface area contributed by atoms with E-state index < -0.39 is 0 Å². The second-order valence-corrected chi connectivity index (χ2v) is 7.44. The largest absolute Gasteiger partial charge is 0.350 e. The van der Waals surface area contributed by atoms with E-state index in [1.807, 2.05) is 19.1 Å². The van der Waals surface area contributed by atoms with E-state index in [0.29, 0.717) is 24.4 Å². The van der Waals surface area contributed by atoms with Gasteiger partial charge in [0.2, 0.25) is 5.91 Å². The summed E-state index contributed by atoms with van der Waals surface area (Å²) in [4.78, 5) is 12.3. The van der Waals surface area contributed by atoms with Crippen LogP contribution in [0.2, 0.25) is 0 Å². The van der Waals surface area contributed by atoms with Gasteiger partial charge in [-0.15, -0.1) is 0 Å². The topological polar surface area (TPSA) is 41.1 Å². The Morgan fingerprint density at radius 1 is 1.38 bits per heavy atom. The minimum atomic E-state index is 0.0634. The van der Waals surface area contributed by atoms with E-state index in [4.69, 9.17) is 0 Å². The van der Waals surface area contributed by atoms with Crippen molar-refractivity contribution in [2.24, 2.45) is 5.92 Å². The second kappa shape index (κ2) is 6.49. The molecule has 114 valence electrons. The van der Waals surface area contributed by atoms with Crippen LogP contribution >= 0.6 is 15.9 Å². The van der Waals surface area contributed by atoms with Gasteiger partial charge in [-0.2, -0.15) is 0 Å². The van der Waals surface area contributed by atoms with E-state index in [-0.39, 0.29) is 11.9 Å². The monoisotopic (exact) mass is 350 g/mol. The molecule has 0 radical (unpaired) electrons. The number of benzene rings is 1. The van der Waals surface area contributed by atoms with Crippen LogP contribution in [-0.2, 0) is 4.79 Å². The number of carbonyl (C=O) groups is 1. The van der Waals surface area contributed by atoms with Gasteiger partial charge in [-0.05, 0) is 56.2 Å². The van der Waals surface area contributed by atoms with E-state index >= 15 is 0 Å². The van der Waals surface area contributed by atoms with Crippen LogP contribution in [0, 0.1) is 5.92 Å². The lowest BCUT2D eigenvalue weighted by molar-refractivity contribution is -0.122. The molecule has 2 unspecified atom stereocenters. The maximum atomic E-state index is 12.3. The van der Waals surface area contributed by atoms with Crippen molar-refractivity contribution in [3.63, 3.8) is 0 Å². The molecule has 2 saturated heterocycles. The Hall–Kier alpha value is -0.870. The highest BCUT2D eigenvalue weighted by molar-refractivity contribution is 9.10. The molecule has 2 aliphatic heterocycles. The number of nitrogens with one attached hydrogen (secondary N) is 2. The summed E-state index contributed by atoms with van der Waals surface area (Å²) < 4.78 is 1.05. The lowest BCUT2D eigenvalue weighted by atomic mass is 9.89. The number of amides is 1. The molecule has 0 aromatic heterocycles. The summed E-state index contributed by atoms with van der Waals surface area (Å²) in [5, 5.41) is 6.77. The maximum absolute atomic E-state index is 12.3. The van der Waals surface area contributed by atoms with Crippen molar-refractivity contribution >= 4 is 21.8 Å². The molecule has 1 aromatic rings. The predicted octanol–water partition coefficient (Wildman–Crippen LogP) is 3.55. The summed E-state index contributed by atoms with van der Waals surface area (Å²) in [6, 6.07) is 9.51. The Bertz CT molecular complexity index is 507.